The van der Waals surface area contributed by atoms with Gasteiger partial charge in [0.2, 0.25) is 5.91 Å². The average molecular weight is 290 g/mol. The molecule has 21 heavy (non-hydrogen) atoms. The Balaban J connectivity index is 1.93. The number of amides is 1. The van der Waals surface area contributed by atoms with Crippen molar-refractivity contribution in [1.82, 2.24) is 4.90 Å². The molecule has 1 aliphatic heterocycles. The van der Waals surface area contributed by atoms with Gasteiger partial charge in [-0.2, -0.15) is 0 Å². The summed E-state index contributed by atoms with van der Waals surface area (Å²) >= 11 is 0. The van der Waals surface area contributed by atoms with Crippen LogP contribution in [0.15, 0.2) is 24.3 Å². The highest BCUT2D eigenvalue weighted by atomic mass is 16.5. The van der Waals surface area contributed by atoms with Gasteiger partial charge in [0.05, 0.1) is 6.54 Å². The molecule has 0 bridgehead atoms. The second kappa shape index (κ2) is 7.46. The van der Waals surface area contributed by atoms with E-state index in [0.717, 1.165) is 30.6 Å². The van der Waals surface area contributed by atoms with Crippen molar-refractivity contribution in [2.45, 2.75) is 45.7 Å². The highest BCUT2D eigenvalue weighted by molar-refractivity contribution is 5.78. The normalized spacial score (nSPS) is 17.4. The summed E-state index contributed by atoms with van der Waals surface area (Å²) in [5, 5.41) is 0. The Kier molecular flexibility index (Phi) is 5.62. The lowest BCUT2D eigenvalue weighted by Gasteiger charge is -2.24. The van der Waals surface area contributed by atoms with Gasteiger partial charge in [-0.3, -0.25) is 4.79 Å². The minimum absolute atomic E-state index is 0.0500. The van der Waals surface area contributed by atoms with Crippen LogP contribution in [0.25, 0.3) is 0 Å². The van der Waals surface area contributed by atoms with Gasteiger partial charge in [-0.15, -0.1) is 0 Å². The number of rotatable bonds is 5. The van der Waals surface area contributed by atoms with Gasteiger partial charge in [0.15, 0.2) is 0 Å². The Labute approximate surface area is 127 Å². The predicted molar refractivity (Wildman–Crippen MR) is 84.0 cm³/mol. The number of ether oxygens (including phenoxy) is 1. The molecule has 116 valence electrons. The van der Waals surface area contributed by atoms with E-state index in [2.05, 4.69) is 0 Å². The summed E-state index contributed by atoms with van der Waals surface area (Å²) in [4.78, 5) is 14.5. The van der Waals surface area contributed by atoms with Crippen LogP contribution in [0.5, 0.6) is 5.75 Å². The first-order valence-corrected chi connectivity index (χ1v) is 7.83. The number of nitrogens with zero attached hydrogens (tertiary/aromatic N) is 1. The van der Waals surface area contributed by atoms with Crippen molar-refractivity contribution < 1.29 is 9.53 Å². The Morgan fingerprint density at radius 1 is 1.33 bits per heavy atom. The van der Waals surface area contributed by atoms with E-state index in [1.807, 2.05) is 43.0 Å². The average Bonchev–Trinajstić information content (AvgIpc) is 2.68. The number of carbonyl (C=O) groups excluding carboxylic acids is 1. The standard InChI is InChI=1S/C17H26N2O2/c1-13(6-5-7-14(2)18)17(20)19-10-11-21-16-9-4-3-8-15(16)12-19/h3-4,8-9,13-14H,5-7,10-12,18H2,1-2H3. The molecule has 0 aromatic heterocycles. The molecule has 2 atom stereocenters. The summed E-state index contributed by atoms with van der Waals surface area (Å²) in [6, 6.07) is 8.16. The van der Waals surface area contributed by atoms with Gasteiger partial charge in [0.25, 0.3) is 0 Å². The number of hydrogen-bond acceptors (Lipinski definition) is 3. The molecule has 0 spiro atoms. The van der Waals surface area contributed by atoms with Crippen LogP contribution in [0.4, 0.5) is 0 Å². The van der Waals surface area contributed by atoms with Gasteiger partial charge >= 0.3 is 0 Å². The number of carbonyl (C=O) groups is 1. The quantitative estimate of drug-likeness (QED) is 0.906. The molecule has 1 aliphatic rings. The van der Waals surface area contributed by atoms with Gasteiger partial charge in [-0.25, -0.2) is 0 Å². The summed E-state index contributed by atoms with van der Waals surface area (Å²) in [6.45, 7) is 5.89. The molecule has 2 unspecified atom stereocenters. The van der Waals surface area contributed by atoms with Crippen LogP contribution in [-0.4, -0.2) is 30.0 Å². The maximum absolute atomic E-state index is 12.6. The van der Waals surface area contributed by atoms with E-state index in [0.29, 0.717) is 19.7 Å². The minimum Gasteiger partial charge on any atom is -0.491 e. The zero-order chi connectivity index (χ0) is 15.2. The molecule has 2 rings (SSSR count). The van der Waals surface area contributed by atoms with E-state index in [1.54, 1.807) is 0 Å². The first kappa shape index (κ1) is 15.8. The van der Waals surface area contributed by atoms with Gasteiger partial charge in [0.1, 0.15) is 12.4 Å². The lowest BCUT2D eigenvalue weighted by Crippen LogP contribution is -2.36. The first-order chi connectivity index (χ1) is 10.1. The van der Waals surface area contributed by atoms with Crippen molar-refractivity contribution in [3.05, 3.63) is 29.8 Å². The molecule has 0 saturated carbocycles. The summed E-state index contributed by atoms with van der Waals surface area (Å²) < 4.78 is 5.71. The fraction of sp³-hybridized carbons (Fsp3) is 0.588. The SMILES string of the molecule is CC(N)CCCC(C)C(=O)N1CCOc2ccccc2C1. The van der Waals surface area contributed by atoms with Crippen LogP contribution < -0.4 is 10.5 Å². The number of para-hydroxylation sites is 1. The lowest BCUT2D eigenvalue weighted by atomic mass is 10.0. The highest BCUT2D eigenvalue weighted by Crippen LogP contribution is 2.24. The molecule has 1 aromatic carbocycles. The zero-order valence-corrected chi connectivity index (χ0v) is 13.0. The lowest BCUT2D eigenvalue weighted by molar-refractivity contribution is -0.136. The molecule has 1 aromatic rings. The maximum Gasteiger partial charge on any atom is 0.225 e. The molecule has 2 N–H and O–H groups in total. The van der Waals surface area contributed by atoms with Crippen LogP contribution in [0, 0.1) is 5.92 Å². The van der Waals surface area contributed by atoms with Crippen LogP contribution in [0.3, 0.4) is 0 Å². The Morgan fingerprint density at radius 3 is 2.86 bits per heavy atom. The van der Waals surface area contributed by atoms with E-state index < -0.39 is 0 Å². The van der Waals surface area contributed by atoms with Gasteiger partial charge in [0, 0.05) is 24.1 Å². The summed E-state index contributed by atoms with van der Waals surface area (Å²) in [7, 11) is 0. The third-order valence-corrected chi connectivity index (χ3v) is 3.98. The Hall–Kier alpha value is -1.55. The summed E-state index contributed by atoms with van der Waals surface area (Å²) in [6.07, 6.45) is 2.88. The molecule has 4 nitrogen and oxygen atoms in total. The number of benzene rings is 1. The molecular weight excluding hydrogens is 264 g/mol. The van der Waals surface area contributed by atoms with Gasteiger partial charge in [-0.05, 0) is 25.8 Å². The molecule has 0 saturated heterocycles. The first-order valence-electron chi connectivity index (χ1n) is 7.83. The third kappa shape index (κ3) is 4.46. The minimum atomic E-state index is 0.0500. The van der Waals surface area contributed by atoms with Crippen molar-refractivity contribution in [3.63, 3.8) is 0 Å². The molecule has 1 amide bonds. The predicted octanol–water partition coefficient (Wildman–Crippen LogP) is 2.56. The van der Waals surface area contributed by atoms with E-state index in [1.165, 1.54) is 0 Å². The topological polar surface area (TPSA) is 55.6 Å². The number of hydrogen-bond donors (Lipinski definition) is 1. The van der Waals surface area contributed by atoms with Crippen molar-refractivity contribution >= 4 is 5.91 Å². The van der Waals surface area contributed by atoms with Crippen molar-refractivity contribution in [3.8, 4) is 5.75 Å². The van der Waals surface area contributed by atoms with E-state index in [4.69, 9.17) is 10.5 Å². The molecule has 0 fully saturated rings. The van der Waals surface area contributed by atoms with Crippen LogP contribution in [-0.2, 0) is 11.3 Å². The largest absolute Gasteiger partial charge is 0.491 e. The summed E-state index contributed by atoms with van der Waals surface area (Å²) in [5.74, 6) is 1.17. The highest BCUT2D eigenvalue weighted by Gasteiger charge is 2.23. The molecule has 4 heteroatoms. The second-order valence-corrected chi connectivity index (χ2v) is 6.03. The van der Waals surface area contributed by atoms with Gasteiger partial charge < -0.3 is 15.4 Å². The smallest absolute Gasteiger partial charge is 0.225 e. The second-order valence-electron chi connectivity index (χ2n) is 6.03. The molecule has 0 radical (unpaired) electrons. The van der Waals surface area contributed by atoms with E-state index in [9.17, 15) is 4.79 Å². The van der Waals surface area contributed by atoms with Gasteiger partial charge in [-0.1, -0.05) is 31.5 Å². The molecule has 1 heterocycles. The number of nitrogens with two attached hydrogens (primary N) is 1. The molecule has 0 aliphatic carbocycles. The third-order valence-electron chi connectivity index (χ3n) is 3.98. The van der Waals surface area contributed by atoms with E-state index in [-0.39, 0.29) is 17.9 Å². The van der Waals surface area contributed by atoms with Crippen molar-refractivity contribution in [2.24, 2.45) is 11.7 Å². The monoisotopic (exact) mass is 290 g/mol. The molecular formula is C17H26N2O2. The summed E-state index contributed by atoms with van der Waals surface area (Å²) in [5.41, 5.74) is 6.85. The van der Waals surface area contributed by atoms with Crippen molar-refractivity contribution in [2.75, 3.05) is 13.2 Å². The van der Waals surface area contributed by atoms with Crippen LogP contribution in [0.1, 0.15) is 38.7 Å². The number of fused-ring (bicyclic) bond motifs is 1. The van der Waals surface area contributed by atoms with Crippen molar-refractivity contribution in [1.29, 1.82) is 0 Å². The Bertz CT molecular complexity index is 474. The fourth-order valence-electron chi connectivity index (χ4n) is 2.70. The van der Waals surface area contributed by atoms with E-state index >= 15 is 0 Å². The zero-order valence-electron chi connectivity index (χ0n) is 13.0. The van der Waals surface area contributed by atoms with Crippen LogP contribution in [0.2, 0.25) is 0 Å². The van der Waals surface area contributed by atoms with Crippen LogP contribution >= 0.6 is 0 Å². The Morgan fingerprint density at radius 2 is 2.10 bits per heavy atom. The fourth-order valence-corrected chi connectivity index (χ4v) is 2.70. The maximum atomic E-state index is 12.6.